The van der Waals surface area contributed by atoms with E-state index in [4.69, 9.17) is 63.5 Å². The second-order valence-corrected chi connectivity index (χ2v) is 15.6. The van der Waals surface area contributed by atoms with Crippen molar-refractivity contribution in [1.29, 1.82) is 0 Å². The maximum absolute atomic E-state index is 12.7. The van der Waals surface area contributed by atoms with Crippen LogP contribution in [0.1, 0.15) is 75.5 Å². The molecule has 0 aromatic heterocycles. The van der Waals surface area contributed by atoms with Crippen LogP contribution < -0.4 is 0 Å². The Morgan fingerprint density at radius 3 is 1.65 bits per heavy atom. The number of unbranched alkanes of at least 4 members (excludes halogenated alkanes) is 5. The predicted molar refractivity (Wildman–Crippen MR) is 228 cm³/mol. The van der Waals surface area contributed by atoms with Crippen molar-refractivity contribution in [3.63, 3.8) is 0 Å². The summed E-state index contributed by atoms with van der Waals surface area (Å²) in [4.78, 5) is 36.4. The van der Waals surface area contributed by atoms with E-state index in [2.05, 4.69) is 0 Å². The number of aliphatic hydroxyl groups is 1. The number of rotatable bonds is 26. The lowest BCUT2D eigenvalue weighted by Crippen LogP contribution is -2.66. The highest BCUT2D eigenvalue weighted by molar-refractivity contribution is 6.07. The molecule has 2 fully saturated rings. The standard InChI is InChI=1S/C47H61ClO15/c1-32(49)55-30-38-41(56-27-34-19-11-8-12-20-34)43(57-28-35-21-13-9-14-22-35)44(58-29-36-23-15-10-16-24-36)47(62-38)63-45-42(60-33(2)50)40(52)37(31-59-48)61-46(45)54-26-18-7-5-4-6-17-25-39(51)53-3/h8-16,19-24,37-38,40-47,52H,4-7,17-18,25-31H2,1-3H3/t37-,38-,40-,41-,42+,43+,44-,45-,46+,47-/m1/s1. The third-order valence-corrected chi connectivity index (χ3v) is 10.7. The number of carbonyl (C=O) groups is 3. The van der Waals surface area contributed by atoms with Gasteiger partial charge in [0.05, 0.1) is 45.4 Å². The van der Waals surface area contributed by atoms with Gasteiger partial charge in [0.1, 0.15) is 43.2 Å². The normalized spacial score (nSPS) is 25.9. The molecule has 1 N–H and O–H groups in total. The van der Waals surface area contributed by atoms with Gasteiger partial charge in [-0.25, -0.2) is 0 Å². The van der Waals surface area contributed by atoms with Crippen molar-refractivity contribution in [3.8, 4) is 0 Å². The third-order valence-electron chi connectivity index (χ3n) is 10.6. The molecule has 0 aliphatic carbocycles. The van der Waals surface area contributed by atoms with Crippen molar-refractivity contribution in [2.24, 2.45) is 0 Å². The van der Waals surface area contributed by atoms with Crippen LogP contribution in [0.25, 0.3) is 0 Å². The Kier molecular flexibility index (Phi) is 21.7. The molecule has 0 unspecified atom stereocenters. The highest BCUT2D eigenvalue weighted by Gasteiger charge is 2.55. The van der Waals surface area contributed by atoms with Gasteiger partial charge in [0, 0.05) is 26.9 Å². The van der Waals surface area contributed by atoms with Crippen LogP contribution in [0.15, 0.2) is 91.0 Å². The fraction of sp³-hybridized carbons (Fsp3) is 0.553. The Balaban J connectivity index is 1.46. The van der Waals surface area contributed by atoms with Crippen LogP contribution in [-0.2, 0) is 85.9 Å². The molecule has 3 aromatic rings. The Bertz CT molecular complexity index is 1760. The third kappa shape index (κ3) is 16.5. The van der Waals surface area contributed by atoms with Crippen LogP contribution in [0.4, 0.5) is 0 Å². The summed E-state index contributed by atoms with van der Waals surface area (Å²) in [6.07, 6.45) is -6.21. The van der Waals surface area contributed by atoms with Gasteiger partial charge in [-0.1, -0.05) is 117 Å². The second kappa shape index (κ2) is 27.4. The average molecular weight is 901 g/mol. The van der Waals surface area contributed by atoms with E-state index in [1.54, 1.807) is 0 Å². The van der Waals surface area contributed by atoms with Gasteiger partial charge in [0.2, 0.25) is 0 Å². The van der Waals surface area contributed by atoms with Crippen molar-refractivity contribution in [3.05, 3.63) is 108 Å². The molecule has 0 bridgehead atoms. The van der Waals surface area contributed by atoms with Crippen LogP contribution in [-0.4, -0.2) is 111 Å². The molecule has 3 aromatic carbocycles. The van der Waals surface area contributed by atoms with E-state index in [0.717, 1.165) is 48.8 Å². The monoisotopic (exact) mass is 900 g/mol. The van der Waals surface area contributed by atoms with Crippen molar-refractivity contribution >= 4 is 29.8 Å². The lowest BCUT2D eigenvalue weighted by molar-refractivity contribution is -0.376. The molecule has 15 nitrogen and oxygen atoms in total. The number of esters is 3. The fourth-order valence-corrected chi connectivity index (χ4v) is 7.54. The number of methoxy groups -OCH3 is 1. The highest BCUT2D eigenvalue weighted by atomic mass is 35.5. The number of halogens is 1. The summed E-state index contributed by atoms with van der Waals surface area (Å²) < 4.78 is 67.1. The summed E-state index contributed by atoms with van der Waals surface area (Å²) in [5.41, 5.74) is 2.62. The van der Waals surface area contributed by atoms with E-state index in [1.807, 2.05) is 91.0 Å². The average Bonchev–Trinajstić information content (AvgIpc) is 3.29. The molecule has 10 atom stereocenters. The van der Waals surface area contributed by atoms with E-state index >= 15 is 0 Å². The van der Waals surface area contributed by atoms with Gasteiger partial charge in [0.25, 0.3) is 0 Å². The molecule has 5 rings (SSSR count). The van der Waals surface area contributed by atoms with Gasteiger partial charge in [-0.2, -0.15) is 0 Å². The zero-order valence-corrected chi connectivity index (χ0v) is 36.9. The summed E-state index contributed by atoms with van der Waals surface area (Å²) in [5, 5.41) is 11.6. The van der Waals surface area contributed by atoms with E-state index in [0.29, 0.717) is 12.8 Å². The molecule has 63 heavy (non-hydrogen) atoms. The first-order valence-electron chi connectivity index (χ1n) is 21.5. The van der Waals surface area contributed by atoms with Crippen LogP contribution in [0, 0.1) is 0 Å². The minimum atomic E-state index is -1.47. The first kappa shape index (κ1) is 50.0. The van der Waals surface area contributed by atoms with Crippen LogP contribution in [0.2, 0.25) is 0 Å². The molecule has 16 heteroatoms. The molecular weight excluding hydrogens is 840 g/mol. The number of benzene rings is 3. The molecule has 0 amide bonds. The number of hydrogen-bond donors (Lipinski definition) is 1. The van der Waals surface area contributed by atoms with Crippen molar-refractivity contribution < 1.29 is 71.1 Å². The molecule has 346 valence electrons. The molecule has 2 aliphatic heterocycles. The van der Waals surface area contributed by atoms with Gasteiger partial charge < -0.3 is 52.5 Å². The Morgan fingerprint density at radius 2 is 1.11 bits per heavy atom. The minimum Gasteiger partial charge on any atom is -0.469 e. The lowest BCUT2D eigenvalue weighted by Gasteiger charge is -2.49. The van der Waals surface area contributed by atoms with Gasteiger partial charge >= 0.3 is 17.9 Å². The summed E-state index contributed by atoms with van der Waals surface area (Å²) in [6, 6.07) is 28.7. The molecular formula is C47H61ClO15. The molecule has 2 heterocycles. The molecule has 2 aliphatic rings. The van der Waals surface area contributed by atoms with Crippen molar-refractivity contribution in [2.75, 3.05) is 26.9 Å². The topological polar surface area (TPSA) is 173 Å². The maximum atomic E-state index is 12.7. The molecule has 0 spiro atoms. The molecule has 2 saturated heterocycles. The van der Waals surface area contributed by atoms with E-state index in [9.17, 15) is 19.5 Å². The van der Waals surface area contributed by atoms with Crippen LogP contribution in [0.3, 0.4) is 0 Å². The van der Waals surface area contributed by atoms with Gasteiger partial charge in [-0.3, -0.25) is 18.7 Å². The van der Waals surface area contributed by atoms with E-state index in [-0.39, 0.29) is 45.6 Å². The van der Waals surface area contributed by atoms with Crippen molar-refractivity contribution in [1.82, 2.24) is 0 Å². The number of aliphatic hydroxyl groups excluding tert-OH is 1. The zero-order valence-electron chi connectivity index (χ0n) is 36.2. The summed E-state index contributed by atoms with van der Waals surface area (Å²) in [7, 11) is 1.38. The second-order valence-electron chi connectivity index (χ2n) is 15.4. The first-order chi connectivity index (χ1) is 30.7. The smallest absolute Gasteiger partial charge is 0.305 e. The number of ether oxygens (including phenoxy) is 10. The number of hydrogen-bond acceptors (Lipinski definition) is 15. The summed E-state index contributed by atoms with van der Waals surface area (Å²) >= 11 is 5.66. The Morgan fingerprint density at radius 1 is 0.587 bits per heavy atom. The molecule has 0 saturated carbocycles. The van der Waals surface area contributed by atoms with Crippen molar-refractivity contribution in [2.45, 2.75) is 140 Å². The Hall–Kier alpha value is -4.00. The quantitative estimate of drug-likeness (QED) is 0.0524. The largest absolute Gasteiger partial charge is 0.469 e. The Labute approximate surface area is 374 Å². The van der Waals surface area contributed by atoms with Gasteiger partial charge in [-0.05, 0) is 29.5 Å². The fourth-order valence-electron chi connectivity index (χ4n) is 7.42. The summed E-state index contributed by atoms with van der Waals surface area (Å²) in [5.74, 6) is -1.46. The first-order valence-corrected chi connectivity index (χ1v) is 21.8. The van der Waals surface area contributed by atoms with Gasteiger partial charge in [-0.15, -0.1) is 0 Å². The van der Waals surface area contributed by atoms with E-state index < -0.39 is 73.4 Å². The SMILES string of the molecule is COC(=O)CCCCCCCCO[C@H]1O[C@H](COCl)[C@@H](O)[C@H](OC(C)=O)[C@H]1O[C@H]1O[C@H](COC(C)=O)[C@@H](OCc2ccccc2)[C@H](OCc2ccccc2)[C@H]1OCc1ccccc1. The zero-order chi connectivity index (χ0) is 44.8. The maximum Gasteiger partial charge on any atom is 0.305 e. The van der Waals surface area contributed by atoms with E-state index in [1.165, 1.54) is 21.0 Å². The predicted octanol–water partition coefficient (Wildman–Crippen LogP) is 6.52. The lowest BCUT2D eigenvalue weighted by atomic mass is 9.96. The van der Waals surface area contributed by atoms with Gasteiger partial charge in [0.15, 0.2) is 24.8 Å². The molecule has 0 radical (unpaired) electrons. The highest BCUT2D eigenvalue weighted by Crippen LogP contribution is 2.36. The van der Waals surface area contributed by atoms with Crippen LogP contribution in [0.5, 0.6) is 0 Å². The number of carbonyl (C=O) groups excluding carboxylic acids is 3. The summed E-state index contributed by atoms with van der Waals surface area (Å²) in [6.45, 7) is 2.65. The minimum absolute atomic E-state index is 0.106. The van der Waals surface area contributed by atoms with Crippen LogP contribution >= 0.6 is 11.9 Å².